The van der Waals surface area contributed by atoms with E-state index in [0.717, 1.165) is 4.88 Å². The summed E-state index contributed by atoms with van der Waals surface area (Å²) in [5.74, 6) is -0.344. The summed E-state index contributed by atoms with van der Waals surface area (Å²) in [6, 6.07) is 5.58. The average molecular weight is 221 g/mol. The Labute approximate surface area is 90.4 Å². The van der Waals surface area contributed by atoms with Crippen LogP contribution in [0.25, 0.3) is 0 Å². The average Bonchev–Trinajstić information content (AvgIpc) is 2.71. The predicted molar refractivity (Wildman–Crippen MR) is 56.5 cm³/mol. The Hall–Kier alpha value is -1.55. The Morgan fingerprint density at radius 3 is 2.67 bits per heavy atom. The summed E-state index contributed by atoms with van der Waals surface area (Å²) >= 11 is 1.44. The van der Waals surface area contributed by atoms with Crippen molar-refractivity contribution in [1.82, 2.24) is 4.98 Å². The number of nitrogens with zero attached hydrogens (tertiary/aromatic N) is 1. The standard InChI is InChI=1S/C11H8FNOS/c12-9-3-1-8(2-4-9)11(14)5-10-6-13-7-15-10/h1-4,6-7H,5H2. The third-order valence-corrected chi connectivity index (χ3v) is 2.76. The highest BCUT2D eigenvalue weighted by atomic mass is 32.1. The van der Waals surface area contributed by atoms with Gasteiger partial charge in [-0.1, -0.05) is 0 Å². The van der Waals surface area contributed by atoms with Crippen molar-refractivity contribution in [1.29, 1.82) is 0 Å². The number of hydrogen-bond donors (Lipinski definition) is 0. The van der Waals surface area contributed by atoms with Crippen LogP contribution in [0, 0.1) is 5.82 Å². The van der Waals surface area contributed by atoms with Crippen LogP contribution in [0.2, 0.25) is 0 Å². The zero-order valence-corrected chi connectivity index (χ0v) is 8.63. The number of carbonyl (C=O) groups is 1. The summed E-state index contributed by atoms with van der Waals surface area (Å²) < 4.78 is 12.6. The minimum absolute atomic E-state index is 0.0146. The van der Waals surface area contributed by atoms with E-state index in [-0.39, 0.29) is 11.6 Å². The first-order valence-corrected chi connectivity index (χ1v) is 5.30. The van der Waals surface area contributed by atoms with Crippen molar-refractivity contribution in [2.45, 2.75) is 6.42 Å². The van der Waals surface area contributed by atoms with E-state index in [1.54, 1.807) is 11.7 Å². The van der Waals surface area contributed by atoms with Crippen molar-refractivity contribution >= 4 is 17.1 Å². The van der Waals surface area contributed by atoms with Crippen molar-refractivity contribution < 1.29 is 9.18 Å². The van der Waals surface area contributed by atoms with Crippen LogP contribution in [-0.4, -0.2) is 10.8 Å². The highest BCUT2D eigenvalue weighted by Crippen LogP contribution is 2.11. The van der Waals surface area contributed by atoms with Gasteiger partial charge in [-0.25, -0.2) is 4.39 Å². The topological polar surface area (TPSA) is 30.0 Å². The number of thiazole rings is 1. The molecule has 2 rings (SSSR count). The zero-order chi connectivity index (χ0) is 10.7. The van der Waals surface area contributed by atoms with Gasteiger partial charge < -0.3 is 0 Å². The second kappa shape index (κ2) is 4.31. The van der Waals surface area contributed by atoms with Crippen LogP contribution in [0.4, 0.5) is 4.39 Å². The molecule has 0 amide bonds. The van der Waals surface area contributed by atoms with Gasteiger partial charge in [0.2, 0.25) is 0 Å². The molecule has 0 unspecified atom stereocenters. The van der Waals surface area contributed by atoms with Gasteiger partial charge in [0.1, 0.15) is 5.82 Å². The van der Waals surface area contributed by atoms with Gasteiger partial charge in [-0.2, -0.15) is 0 Å². The first kappa shape index (κ1) is 9.98. The Morgan fingerprint density at radius 2 is 2.07 bits per heavy atom. The van der Waals surface area contributed by atoms with E-state index in [1.165, 1.54) is 35.6 Å². The highest BCUT2D eigenvalue weighted by Gasteiger charge is 2.07. The van der Waals surface area contributed by atoms with E-state index in [4.69, 9.17) is 0 Å². The Bertz CT molecular complexity index is 450. The van der Waals surface area contributed by atoms with Crippen LogP contribution < -0.4 is 0 Å². The molecule has 15 heavy (non-hydrogen) atoms. The lowest BCUT2D eigenvalue weighted by molar-refractivity contribution is 0.0993. The number of halogens is 1. The van der Waals surface area contributed by atoms with Crippen molar-refractivity contribution in [3.05, 3.63) is 52.2 Å². The minimum atomic E-state index is -0.329. The molecule has 0 radical (unpaired) electrons. The molecule has 4 heteroatoms. The Kier molecular flexibility index (Phi) is 2.87. The van der Waals surface area contributed by atoms with Crippen LogP contribution in [0.3, 0.4) is 0 Å². The SMILES string of the molecule is O=C(Cc1cncs1)c1ccc(F)cc1. The van der Waals surface area contributed by atoms with Crippen molar-refractivity contribution in [2.24, 2.45) is 0 Å². The molecule has 2 aromatic rings. The zero-order valence-electron chi connectivity index (χ0n) is 7.81. The fourth-order valence-corrected chi connectivity index (χ4v) is 1.82. The number of benzene rings is 1. The molecule has 1 aromatic carbocycles. The maximum atomic E-state index is 12.6. The van der Waals surface area contributed by atoms with Gasteiger partial charge in [0, 0.05) is 23.1 Å². The molecule has 0 fully saturated rings. The van der Waals surface area contributed by atoms with E-state index in [2.05, 4.69) is 4.98 Å². The molecule has 76 valence electrons. The molecule has 1 aromatic heterocycles. The highest BCUT2D eigenvalue weighted by molar-refractivity contribution is 7.09. The lowest BCUT2D eigenvalue weighted by atomic mass is 10.1. The summed E-state index contributed by atoms with van der Waals surface area (Å²) in [6.07, 6.45) is 2.00. The fraction of sp³-hybridized carbons (Fsp3) is 0.0909. The fourth-order valence-electron chi connectivity index (χ4n) is 1.23. The summed E-state index contributed by atoms with van der Waals surface area (Å²) in [5.41, 5.74) is 2.22. The molecular weight excluding hydrogens is 213 g/mol. The molecule has 0 saturated heterocycles. The van der Waals surface area contributed by atoms with Gasteiger partial charge in [-0.05, 0) is 24.3 Å². The molecule has 0 bridgehead atoms. The lowest BCUT2D eigenvalue weighted by Crippen LogP contribution is -2.01. The molecule has 0 aliphatic heterocycles. The molecule has 0 aliphatic carbocycles. The quantitative estimate of drug-likeness (QED) is 0.746. The van der Waals surface area contributed by atoms with Crippen LogP contribution in [-0.2, 0) is 6.42 Å². The third-order valence-electron chi connectivity index (χ3n) is 1.98. The van der Waals surface area contributed by atoms with E-state index < -0.39 is 0 Å². The first-order valence-electron chi connectivity index (χ1n) is 4.42. The summed E-state index contributed by atoms with van der Waals surface area (Å²) in [5, 5.41) is 0. The van der Waals surface area contributed by atoms with Crippen LogP contribution >= 0.6 is 11.3 Å². The van der Waals surface area contributed by atoms with Crippen molar-refractivity contribution in [2.75, 3.05) is 0 Å². The lowest BCUT2D eigenvalue weighted by Gasteiger charge is -1.98. The molecule has 1 heterocycles. The number of ketones is 1. The third kappa shape index (κ3) is 2.47. The monoisotopic (exact) mass is 221 g/mol. The number of aromatic nitrogens is 1. The summed E-state index contributed by atoms with van der Waals surface area (Å²) in [4.78, 5) is 16.5. The number of hydrogen-bond acceptors (Lipinski definition) is 3. The maximum absolute atomic E-state index is 12.6. The number of carbonyl (C=O) groups excluding carboxylic acids is 1. The van der Waals surface area contributed by atoms with Gasteiger partial charge in [0.25, 0.3) is 0 Å². The normalized spacial score (nSPS) is 10.2. The van der Waals surface area contributed by atoms with Gasteiger partial charge in [0.15, 0.2) is 5.78 Å². The van der Waals surface area contributed by atoms with Crippen LogP contribution in [0.5, 0.6) is 0 Å². The second-order valence-corrected chi connectivity index (χ2v) is 4.05. The van der Waals surface area contributed by atoms with E-state index >= 15 is 0 Å². The van der Waals surface area contributed by atoms with Crippen LogP contribution in [0.1, 0.15) is 15.2 Å². The molecule has 0 spiro atoms. The van der Waals surface area contributed by atoms with Gasteiger partial charge in [-0.15, -0.1) is 11.3 Å². The van der Waals surface area contributed by atoms with E-state index in [0.29, 0.717) is 12.0 Å². The van der Waals surface area contributed by atoms with Gasteiger partial charge in [-0.3, -0.25) is 9.78 Å². The van der Waals surface area contributed by atoms with E-state index in [1.807, 2.05) is 0 Å². The molecule has 2 nitrogen and oxygen atoms in total. The molecule has 0 saturated carbocycles. The van der Waals surface area contributed by atoms with Crippen LogP contribution in [0.15, 0.2) is 36.0 Å². The predicted octanol–water partition coefficient (Wildman–Crippen LogP) is 2.71. The smallest absolute Gasteiger partial charge is 0.168 e. The van der Waals surface area contributed by atoms with Gasteiger partial charge >= 0.3 is 0 Å². The largest absolute Gasteiger partial charge is 0.294 e. The number of Topliss-reactive ketones (excluding diaryl/α,β-unsaturated/α-hetero) is 1. The second-order valence-electron chi connectivity index (χ2n) is 3.07. The van der Waals surface area contributed by atoms with E-state index in [9.17, 15) is 9.18 Å². The summed E-state index contributed by atoms with van der Waals surface area (Å²) in [7, 11) is 0. The minimum Gasteiger partial charge on any atom is -0.294 e. The number of rotatable bonds is 3. The summed E-state index contributed by atoms with van der Waals surface area (Å²) in [6.45, 7) is 0. The molecular formula is C11H8FNOS. The first-order chi connectivity index (χ1) is 7.25. The molecule has 0 N–H and O–H groups in total. The molecule has 0 aliphatic rings. The van der Waals surface area contributed by atoms with Gasteiger partial charge in [0.05, 0.1) is 5.51 Å². The Balaban J connectivity index is 2.11. The molecule has 0 atom stereocenters. The van der Waals surface area contributed by atoms with Crippen molar-refractivity contribution in [3.8, 4) is 0 Å². The van der Waals surface area contributed by atoms with Crippen molar-refractivity contribution in [3.63, 3.8) is 0 Å². The Morgan fingerprint density at radius 1 is 1.33 bits per heavy atom. The maximum Gasteiger partial charge on any atom is 0.168 e.